The molecule has 0 spiro atoms. The lowest BCUT2D eigenvalue weighted by molar-refractivity contribution is -0.140. The van der Waals surface area contributed by atoms with Crippen molar-refractivity contribution in [2.75, 3.05) is 6.54 Å². The van der Waals surface area contributed by atoms with Gasteiger partial charge in [-0.05, 0) is 91.0 Å². The van der Waals surface area contributed by atoms with Crippen LogP contribution in [0.3, 0.4) is 0 Å². The van der Waals surface area contributed by atoms with Gasteiger partial charge in [0.15, 0.2) is 17.3 Å². The van der Waals surface area contributed by atoms with Crippen LogP contribution >= 0.6 is 0 Å². The van der Waals surface area contributed by atoms with Crippen molar-refractivity contribution < 1.29 is 24.0 Å². The molecule has 8 heteroatoms. The summed E-state index contributed by atoms with van der Waals surface area (Å²) in [7, 11) is 0. The zero-order valence-corrected chi connectivity index (χ0v) is 30.1. The molecular weight excluding hydrogens is 602 g/mol. The van der Waals surface area contributed by atoms with Crippen LogP contribution in [0.15, 0.2) is 64.8 Å². The quantitative estimate of drug-likeness (QED) is 0.116. The number of amides is 2. The van der Waals surface area contributed by atoms with Crippen molar-refractivity contribution in [1.82, 2.24) is 10.2 Å². The van der Waals surface area contributed by atoms with E-state index in [1.807, 2.05) is 56.3 Å². The van der Waals surface area contributed by atoms with Crippen LogP contribution in [-0.4, -0.2) is 58.7 Å². The Morgan fingerprint density at radius 2 is 1.60 bits per heavy atom. The zero-order valence-electron chi connectivity index (χ0n) is 30.1. The Kier molecular flexibility index (Phi) is 14.7. The number of Topliss-reactive ketones (excluding diaryl/α,β-unsaturated/α-hetero) is 3. The maximum Gasteiger partial charge on any atom is 0.230 e. The molecule has 1 fully saturated rings. The van der Waals surface area contributed by atoms with Crippen molar-refractivity contribution in [2.24, 2.45) is 23.5 Å². The van der Waals surface area contributed by atoms with Gasteiger partial charge in [0.2, 0.25) is 11.8 Å². The number of rotatable bonds is 17. The van der Waals surface area contributed by atoms with Gasteiger partial charge < -0.3 is 16.0 Å². The zero-order chi connectivity index (χ0) is 35.5. The van der Waals surface area contributed by atoms with E-state index in [0.29, 0.717) is 73.3 Å². The topological polar surface area (TPSA) is 127 Å². The fourth-order valence-corrected chi connectivity index (χ4v) is 6.84. The van der Waals surface area contributed by atoms with Gasteiger partial charge in [-0.2, -0.15) is 0 Å². The third kappa shape index (κ3) is 10.7. The van der Waals surface area contributed by atoms with E-state index in [1.165, 1.54) is 0 Å². The van der Waals surface area contributed by atoms with E-state index in [1.54, 1.807) is 25.7 Å². The molecule has 48 heavy (non-hydrogen) atoms. The van der Waals surface area contributed by atoms with Crippen molar-refractivity contribution in [3.8, 4) is 0 Å². The van der Waals surface area contributed by atoms with Crippen molar-refractivity contribution in [3.05, 3.63) is 70.3 Å². The maximum absolute atomic E-state index is 14.1. The second-order valence-electron chi connectivity index (χ2n) is 14.5. The first kappa shape index (κ1) is 38.8. The molecule has 2 amide bonds. The lowest BCUT2D eigenvalue weighted by Gasteiger charge is -2.28. The number of hydrogen-bond acceptors (Lipinski definition) is 6. The van der Waals surface area contributed by atoms with Crippen LogP contribution < -0.4 is 11.1 Å². The standard InChI is InChI=1S/C40H57N3O5/c1-25(2)22-33(41)20-19-32(23-30-14-9-8-10-15-30)40(48)43-21-13-18-35(43)36(44)24-31(39(47)42-26(3)4)16-11-12-17-34-29(7)37(45)27(5)28(6)38(34)46/h8-10,14-15,19-20,25-26,31-33,35H,11-13,16-18,21-24,41H2,1-7H3,(H,42,47)/b20-19+/t31-,32-,33-,35+/m1/s1. The minimum atomic E-state index is -0.570. The third-order valence-electron chi connectivity index (χ3n) is 9.65. The summed E-state index contributed by atoms with van der Waals surface area (Å²) in [6, 6.07) is 9.07. The number of nitrogens with zero attached hydrogens (tertiary/aromatic N) is 1. The molecule has 1 aliphatic heterocycles. The van der Waals surface area contributed by atoms with Crippen LogP contribution in [0.1, 0.15) is 105 Å². The Bertz CT molecular complexity index is 1420. The average molecular weight is 660 g/mol. The number of unbranched alkanes of at least 4 members (excludes halogenated alkanes) is 1. The summed E-state index contributed by atoms with van der Waals surface area (Å²) >= 11 is 0. The molecule has 3 rings (SSSR count). The molecule has 0 unspecified atom stereocenters. The molecule has 1 saturated heterocycles. The number of carbonyl (C=O) groups is 5. The van der Waals surface area contributed by atoms with Gasteiger partial charge in [-0.1, -0.05) is 62.8 Å². The highest BCUT2D eigenvalue weighted by Gasteiger charge is 2.38. The summed E-state index contributed by atoms with van der Waals surface area (Å²) in [5.74, 6) is -1.08. The van der Waals surface area contributed by atoms with E-state index in [4.69, 9.17) is 5.73 Å². The summed E-state index contributed by atoms with van der Waals surface area (Å²) in [6.07, 6.45) is 8.70. The predicted octanol–water partition coefficient (Wildman–Crippen LogP) is 6.23. The largest absolute Gasteiger partial charge is 0.354 e. The molecule has 1 aromatic carbocycles. The second kappa shape index (κ2) is 18.2. The Morgan fingerprint density at radius 1 is 0.938 bits per heavy atom. The molecule has 3 N–H and O–H groups in total. The van der Waals surface area contributed by atoms with Gasteiger partial charge in [-0.25, -0.2) is 0 Å². The summed E-state index contributed by atoms with van der Waals surface area (Å²) < 4.78 is 0. The summed E-state index contributed by atoms with van der Waals surface area (Å²) in [5.41, 5.74) is 9.43. The average Bonchev–Trinajstić information content (AvgIpc) is 3.53. The molecule has 262 valence electrons. The number of likely N-dealkylation sites (tertiary alicyclic amines) is 1. The van der Waals surface area contributed by atoms with Gasteiger partial charge in [0, 0.05) is 53.3 Å². The number of ketones is 3. The lowest BCUT2D eigenvalue weighted by atomic mass is 9.83. The van der Waals surface area contributed by atoms with E-state index in [0.717, 1.165) is 18.4 Å². The number of hydrogen-bond donors (Lipinski definition) is 2. The normalized spacial score (nSPS) is 19.1. The van der Waals surface area contributed by atoms with Gasteiger partial charge in [0.05, 0.1) is 12.0 Å². The van der Waals surface area contributed by atoms with Crippen LogP contribution in [0.25, 0.3) is 0 Å². The predicted molar refractivity (Wildman–Crippen MR) is 191 cm³/mol. The van der Waals surface area contributed by atoms with E-state index in [-0.39, 0.29) is 47.7 Å². The Morgan fingerprint density at radius 3 is 2.25 bits per heavy atom. The third-order valence-corrected chi connectivity index (χ3v) is 9.65. The molecule has 1 aromatic rings. The van der Waals surface area contributed by atoms with Crippen molar-refractivity contribution in [1.29, 1.82) is 0 Å². The van der Waals surface area contributed by atoms with Crippen molar-refractivity contribution >= 4 is 29.2 Å². The van der Waals surface area contributed by atoms with Crippen LogP contribution in [0, 0.1) is 17.8 Å². The molecule has 0 radical (unpaired) electrons. The van der Waals surface area contributed by atoms with Crippen molar-refractivity contribution in [3.63, 3.8) is 0 Å². The number of nitrogens with two attached hydrogens (primary N) is 1. The van der Waals surface area contributed by atoms with Gasteiger partial charge in [0.25, 0.3) is 0 Å². The molecular formula is C40H57N3O5. The number of allylic oxidation sites excluding steroid dienone is 4. The van der Waals surface area contributed by atoms with Gasteiger partial charge in [-0.3, -0.25) is 24.0 Å². The second-order valence-corrected chi connectivity index (χ2v) is 14.5. The first-order valence-electron chi connectivity index (χ1n) is 17.8. The van der Waals surface area contributed by atoms with E-state index in [2.05, 4.69) is 19.2 Å². The number of carbonyl (C=O) groups excluding carboxylic acids is 5. The van der Waals surface area contributed by atoms with E-state index >= 15 is 0 Å². The fraction of sp³-hybridized carbons (Fsp3) is 0.575. The first-order chi connectivity index (χ1) is 22.7. The molecule has 1 heterocycles. The smallest absolute Gasteiger partial charge is 0.230 e. The highest BCUT2D eigenvalue weighted by molar-refractivity contribution is 6.24. The minimum absolute atomic E-state index is 0.0473. The van der Waals surface area contributed by atoms with Crippen molar-refractivity contribution in [2.45, 2.75) is 124 Å². The lowest BCUT2D eigenvalue weighted by Crippen LogP contribution is -2.45. The van der Waals surface area contributed by atoms with Crippen LogP contribution in [0.5, 0.6) is 0 Å². The first-order valence-corrected chi connectivity index (χ1v) is 17.8. The number of benzene rings is 1. The minimum Gasteiger partial charge on any atom is -0.354 e. The molecule has 0 bridgehead atoms. The highest BCUT2D eigenvalue weighted by Crippen LogP contribution is 2.29. The van der Waals surface area contributed by atoms with Gasteiger partial charge in [0.1, 0.15) is 0 Å². The SMILES string of the molecule is CC1=C(C)C(=O)C(CCCC[C@H](CC(=O)[C@@H]2CCCN2C(=O)[C@H](/C=C/[C@@H](N)CC(C)C)Cc2ccccc2)C(=O)NC(C)C)=C(C)C1=O. The Hall–Kier alpha value is -3.65. The molecule has 4 atom stereocenters. The summed E-state index contributed by atoms with van der Waals surface area (Å²) in [6.45, 7) is 13.6. The van der Waals surface area contributed by atoms with Gasteiger partial charge in [-0.15, -0.1) is 0 Å². The van der Waals surface area contributed by atoms with Crippen LogP contribution in [0.2, 0.25) is 0 Å². The summed E-state index contributed by atoms with van der Waals surface area (Å²) in [4.78, 5) is 68.5. The molecule has 8 nitrogen and oxygen atoms in total. The highest BCUT2D eigenvalue weighted by atomic mass is 16.2. The fourth-order valence-electron chi connectivity index (χ4n) is 6.84. The summed E-state index contributed by atoms with van der Waals surface area (Å²) in [5, 5.41) is 2.97. The molecule has 0 saturated carbocycles. The molecule has 2 aliphatic rings. The van der Waals surface area contributed by atoms with Crippen LogP contribution in [-0.2, 0) is 30.4 Å². The van der Waals surface area contributed by atoms with Gasteiger partial charge >= 0.3 is 0 Å². The van der Waals surface area contributed by atoms with E-state index in [9.17, 15) is 24.0 Å². The molecule has 0 aromatic heterocycles. The Balaban J connectivity index is 1.72. The van der Waals surface area contributed by atoms with Crippen LogP contribution in [0.4, 0.5) is 0 Å². The Labute approximate surface area is 287 Å². The monoisotopic (exact) mass is 659 g/mol. The molecule has 1 aliphatic carbocycles. The maximum atomic E-state index is 14.1. The number of nitrogens with one attached hydrogen (secondary N) is 1. The van der Waals surface area contributed by atoms with E-state index < -0.39 is 17.9 Å².